The molecule has 0 fully saturated rings. The first-order valence-electron chi connectivity index (χ1n) is 7.15. The summed E-state index contributed by atoms with van der Waals surface area (Å²) in [5, 5.41) is 13.9. The summed E-state index contributed by atoms with van der Waals surface area (Å²) >= 11 is 1.66. The van der Waals surface area contributed by atoms with Crippen LogP contribution in [0.15, 0.2) is 18.2 Å². The van der Waals surface area contributed by atoms with Gasteiger partial charge < -0.3 is 14.8 Å². The topological polar surface area (TPSA) is 56.3 Å². The summed E-state index contributed by atoms with van der Waals surface area (Å²) in [6.45, 7) is 3.29. The van der Waals surface area contributed by atoms with E-state index in [1.165, 1.54) is 5.56 Å². The molecule has 1 N–H and O–H groups in total. The maximum Gasteiger partial charge on any atom is 0.147 e. The number of hydrogen-bond donors (Lipinski definition) is 1. The van der Waals surface area contributed by atoms with E-state index in [4.69, 9.17) is 9.47 Å². The Morgan fingerprint density at radius 3 is 3.19 bits per heavy atom. The highest BCUT2D eigenvalue weighted by Gasteiger charge is 2.14. The number of hydrogen-bond acceptors (Lipinski definition) is 6. The van der Waals surface area contributed by atoms with Crippen LogP contribution in [0.3, 0.4) is 0 Å². The molecule has 112 valence electrons. The zero-order valence-electron chi connectivity index (χ0n) is 12.1. The van der Waals surface area contributed by atoms with Crippen molar-refractivity contribution >= 4 is 11.3 Å². The average Bonchev–Trinajstić information content (AvgIpc) is 3.15. The quantitative estimate of drug-likeness (QED) is 0.792. The molecule has 1 aromatic heterocycles. The molecule has 0 unspecified atom stereocenters. The highest BCUT2D eigenvalue weighted by Crippen LogP contribution is 2.31. The fourth-order valence-corrected chi connectivity index (χ4v) is 3.12. The van der Waals surface area contributed by atoms with Gasteiger partial charge >= 0.3 is 0 Å². The summed E-state index contributed by atoms with van der Waals surface area (Å²) in [6.07, 6.45) is 1.88. The minimum Gasteiger partial charge on any atom is -0.493 e. The van der Waals surface area contributed by atoms with Crippen LogP contribution >= 0.6 is 11.3 Å². The third-order valence-electron chi connectivity index (χ3n) is 3.40. The van der Waals surface area contributed by atoms with Gasteiger partial charge in [-0.1, -0.05) is 11.3 Å². The minimum atomic E-state index is 0.735. The maximum atomic E-state index is 5.53. The lowest BCUT2D eigenvalue weighted by atomic mass is 10.1. The van der Waals surface area contributed by atoms with E-state index in [0.29, 0.717) is 0 Å². The van der Waals surface area contributed by atoms with Gasteiger partial charge in [-0.3, -0.25) is 0 Å². The monoisotopic (exact) mass is 305 g/mol. The first kappa shape index (κ1) is 14.4. The van der Waals surface area contributed by atoms with Crippen LogP contribution in [0.25, 0.3) is 10.6 Å². The fourth-order valence-electron chi connectivity index (χ4n) is 2.29. The second kappa shape index (κ2) is 6.98. The van der Waals surface area contributed by atoms with E-state index in [1.807, 2.05) is 6.07 Å². The molecule has 0 spiro atoms. The Balaban J connectivity index is 1.59. The van der Waals surface area contributed by atoms with Crippen molar-refractivity contribution in [2.24, 2.45) is 0 Å². The molecule has 0 saturated heterocycles. The largest absolute Gasteiger partial charge is 0.493 e. The average molecular weight is 305 g/mol. The predicted octanol–water partition coefficient (Wildman–Crippen LogP) is 1.92. The molecule has 1 aromatic carbocycles. The number of nitrogens with one attached hydrogen (secondary N) is 1. The second-order valence-corrected chi connectivity index (χ2v) is 5.98. The van der Waals surface area contributed by atoms with E-state index in [1.54, 1.807) is 18.4 Å². The van der Waals surface area contributed by atoms with Crippen molar-refractivity contribution in [2.75, 3.05) is 33.4 Å². The van der Waals surface area contributed by atoms with E-state index in [-0.39, 0.29) is 0 Å². The molecule has 1 aliphatic rings. The molecule has 0 saturated carbocycles. The highest BCUT2D eigenvalue weighted by atomic mass is 32.1. The zero-order chi connectivity index (χ0) is 14.5. The molecule has 0 amide bonds. The van der Waals surface area contributed by atoms with Crippen molar-refractivity contribution < 1.29 is 9.47 Å². The van der Waals surface area contributed by atoms with Gasteiger partial charge in [0.15, 0.2) is 0 Å². The van der Waals surface area contributed by atoms with E-state index >= 15 is 0 Å². The van der Waals surface area contributed by atoms with Crippen LogP contribution in [-0.2, 0) is 17.6 Å². The summed E-state index contributed by atoms with van der Waals surface area (Å²) in [7, 11) is 1.71. The number of methoxy groups -OCH3 is 1. The smallest absolute Gasteiger partial charge is 0.147 e. The summed E-state index contributed by atoms with van der Waals surface area (Å²) in [6, 6.07) is 6.26. The van der Waals surface area contributed by atoms with E-state index < -0.39 is 0 Å². The van der Waals surface area contributed by atoms with Crippen LogP contribution in [0.1, 0.15) is 10.6 Å². The van der Waals surface area contributed by atoms with Gasteiger partial charge in [0.25, 0.3) is 0 Å². The molecule has 1 aliphatic heterocycles. The van der Waals surface area contributed by atoms with Crippen molar-refractivity contribution in [3.05, 3.63) is 28.8 Å². The maximum absolute atomic E-state index is 5.53. The van der Waals surface area contributed by atoms with Gasteiger partial charge in [0.05, 0.1) is 13.2 Å². The number of aromatic nitrogens is 2. The number of ether oxygens (including phenoxy) is 2. The van der Waals surface area contributed by atoms with Gasteiger partial charge in [0.1, 0.15) is 15.8 Å². The van der Waals surface area contributed by atoms with Gasteiger partial charge in [-0.15, -0.1) is 10.2 Å². The number of nitrogens with zero attached hydrogens (tertiary/aromatic N) is 2. The fraction of sp³-hybridized carbons (Fsp3) is 0.467. The first-order chi connectivity index (χ1) is 10.4. The van der Waals surface area contributed by atoms with Crippen LogP contribution in [0.2, 0.25) is 0 Å². The molecule has 5 nitrogen and oxygen atoms in total. The molecular weight excluding hydrogens is 286 g/mol. The third kappa shape index (κ3) is 3.58. The molecule has 0 bridgehead atoms. The van der Waals surface area contributed by atoms with Crippen LogP contribution in [0.4, 0.5) is 0 Å². The summed E-state index contributed by atoms with van der Waals surface area (Å²) in [4.78, 5) is 0. The summed E-state index contributed by atoms with van der Waals surface area (Å²) in [5.74, 6) is 1.01. The molecule has 0 radical (unpaired) electrons. The van der Waals surface area contributed by atoms with E-state index in [0.717, 1.165) is 60.5 Å². The Bertz CT molecular complexity index is 600. The van der Waals surface area contributed by atoms with Gasteiger partial charge in [0, 0.05) is 38.6 Å². The third-order valence-corrected chi connectivity index (χ3v) is 4.43. The lowest BCUT2D eigenvalue weighted by Gasteiger charge is -2.01. The molecule has 2 aromatic rings. The number of rotatable bonds is 7. The van der Waals surface area contributed by atoms with Crippen LogP contribution < -0.4 is 10.1 Å². The molecular formula is C15H19N3O2S. The van der Waals surface area contributed by atoms with Crippen molar-refractivity contribution in [1.29, 1.82) is 0 Å². The van der Waals surface area contributed by atoms with Crippen molar-refractivity contribution in [3.8, 4) is 16.3 Å². The first-order valence-corrected chi connectivity index (χ1v) is 7.96. The summed E-state index contributed by atoms with van der Waals surface area (Å²) < 4.78 is 10.5. The molecule has 0 atom stereocenters. The SMILES string of the molecule is COCCNCCc1nnc(-c2ccc3c(c2)CCO3)s1. The Kier molecular flexibility index (Phi) is 4.80. The minimum absolute atomic E-state index is 0.735. The van der Waals surface area contributed by atoms with E-state index in [9.17, 15) is 0 Å². The Morgan fingerprint density at radius 2 is 2.29 bits per heavy atom. The zero-order valence-corrected chi connectivity index (χ0v) is 12.9. The predicted molar refractivity (Wildman–Crippen MR) is 83.0 cm³/mol. The van der Waals surface area contributed by atoms with Crippen LogP contribution in [-0.4, -0.2) is 43.6 Å². The highest BCUT2D eigenvalue weighted by molar-refractivity contribution is 7.14. The summed E-state index contributed by atoms with van der Waals surface area (Å²) in [5.41, 5.74) is 2.40. The van der Waals surface area contributed by atoms with Crippen molar-refractivity contribution in [1.82, 2.24) is 15.5 Å². The lowest BCUT2D eigenvalue weighted by Crippen LogP contribution is -2.21. The molecule has 6 heteroatoms. The van der Waals surface area contributed by atoms with Gasteiger partial charge in [-0.05, 0) is 23.8 Å². The molecule has 3 rings (SSSR count). The molecule has 21 heavy (non-hydrogen) atoms. The molecule has 0 aliphatic carbocycles. The number of benzene rings is 1. The van der Waals surface area contributed by atoms with Crippen molar-refractivity contribution in [2.45, 2.75) is 12.8 Å². The normalized spacial score (nSPS) is 13.2. The van der Waals surface area contributed by atoms with Gasteiger partial charge in [-0.2, -0.15) is 0 Å². The lowest BCUT2D eigenvalue weighted by molar-refractivity contribution is 0.199. The van der Waals surface area contributed by atoms with Gasteiger partial charge in [0.2, 0.25) is 0 Å². The Labute approximate surface area is 128 Å². The van der Waals surface area contributed by atoms with Gasteiger partial charge in [-0.25, -0.2) is 0 Å². The Hall–Kier alpha value is -1.50. The van der Waals surface area contributed by atoms with Crippen LogP contribution in [0.5, 0.6) is 5.75 Å². The van der Waals surface area contributed by atoms with Crippen LogP contribution in [0, 0.1) is 0 Å². The van der Waals surface area contributed by atoms with Crippen molar-refractivity contribution in [3.63, 3.8) is 0 Å². The number of fused-ring (bicyclic) bond motifs is 1. The standard InChI is InChI=1S/C15H19N3O2S/c1-19-9-7-16-6-4-14-17-18-15(21-14)12-2-3-13-11(10-12)5-8-20-13/h2-3,10,16H,4-9H2,1H3. The second-order valence-electron chi connectivity index (χ2n) is 4.91. The molecule has 2 heterocycles. The Morgan fingerprint density at radius 1 is 1.33 bits per heavy atom. The van der Waals surface area contributed by atoms with E-state index in [2.05, 4.69) is 27.6 Å².